The zero-order valence-corrected chi connectivity index (χ0v) is 17.0. The number of hydrogen-bond donors (Lipinski definition) is 2. The number of para-hydroxylation sites is 1. The zero-order chi connectivity index (χ0) is 18.8. The van der Waals surface area contributed by atoms with E-state index in [4.69, 9.17) is 4.98 Å². The van der Waals surface area contributed by atoms with Crippen LogP contribution in [0.1, 0.15) is 0 Å². The second-order valence-electron chi connectivity index (χ2n) is 5.76. The fourth-order valence-corrected chi connectivity index (χ4v) is 4.05. The first kappa shape index (κ1) is 18.0. The van der Waals surface area contributed by atoms with Crippen LogP contribution in [0.3, 0.4) is 0 Å². The Hall–Kier alpha value is -2.40. The highest BCUT2D eigenvalue weighted by atomic mass is 127. The van der Waals surface area contributed by atoms with Crippen LogP contribution in [0.4, 0.5) is 0 Å². The van der Waals surface area contributed by atoms with Gasteiger partial charge in [0.15, 0.2) is 5.16 Å². The van der Waals surface area contributed by atoms with Crippen LogP contribution in [0.15, 0.2) is 63.6 Å². The van der Waals surface area contributed by atoms with E-state index in [1.54, 1.807) is 4.57 Å². The van der Waals surface area contributed by atoms with Crippen molar-refractivity contribution in [3.8, 4) is 5.69 Å². The van der Waals surface area contributed by atoms with Gasteiger partial charge in [-0.2, -0.15) is 5.10 Å². The van der Waals surface area contributed by atoms with Gasteiger partial charge in [-0.3, -0.25) is 19.6 Å². The molecule has 0 fully saturated rings. The van der Waals surface area contributed by atoms with Gasteiger partial charge in [0.05, 0.1) is 22.3 Å². The molecule has 4 rings (SSSR count). The summed E-state index contributed by atoms with van der Waals surface area (Å²) in [5, 5.41) is 7.92. The van der Waals surface area contributed by atoms with Crippen LogP contribution >= 0.6 is 34.4 Å². The molecule has 0 atom stereocenters. The van der Waals surface area contributed by atoms with E-state index in [0.717, 1.165) is 9.26 Å². The molecule has 2 aromatic carbocycles. The number of benzene rings is 2. The SMILES string of the molecule is O=C1CNN=C(CSc2nc3ccc(I)cc3c(=O)n2-c2ccccc2)N1. The maximum absolute atomic E-state index is 13.2. The van der Waals surface area contributed by atoms with Gasteiger partial charge < -0.3 is 5.32 Å². The molecule has 136 valence electrons. The van der Waals surface area contributed by atoms with Crippen LogP contribution < -0.4 is 16.3 Å². The van der Waals surface area contributed by atoms with Crippen molar-refractivity contribution in [3.05, 3.63) is 62.5 Å². The first-order chi connectivity index (χ1) is 13.1. The fraction of sp³-hybridized carbons (Fsp3) is 0.111. The Balaban J connectivity index is 1.80. The molecule has 7 nitrogen and oxygen atoms in total. The number of nitrogens with one attached hydrogen (secondary N) is 2. The maximum atomic E-state index is 13.2. The molecule has 0 saturated heterocycles. The molecule has 1 amide bonds. The summed E-state index contributed by atoms with van der Waals surface area (Å²) in [6, 6.07) is 15.0. The van der Waals surface area contributed by atoms with Gasteiger partial charge in [-0.1, -0.05) is 30.0 Å². The highest BCUT2D eigenvalue weighted by Gasteiger charge is 2.16. The standard InChI is InChI=1S/C18H14IN5O2S/c19-11-6-7-14-13(8-11)17(26)24(12-4-2-1-3-5-12)18(21-14)27-10-15-22-16(25)9-20-23-15/h1-8,20H,9-10H2,(H,22,23,25). The van der Waals surface area contributed by atoms with Gasteiger partial charge in [0.2, 0.25) is 5.91 Å². The Labute approximate surface area is 172 Å². The Morgan fingerprint density at radius 3 is 2.74 bits per heavy atom. The summed E-state index contributed by atoms with van der Waals surface area (Å²) in [7, 11) is 0. The molecule has 1 aliphatic rings. The van der Waals surface area contributed by atoms with Crippen molar-refractivity contribution in [2.45, 2.75) is 5.16 Å². The molecule has 3 aromatic rings. The van der Waals surface area contributed by atoms with Crippen molar-refractivity contribution in [1.29, 1.82) is 0 Å². The van der Waals surface area contributed by atoms with E-state index in [9.17, 15) is 9.59 Å². The first-order valence-corrected chi connectivity index (χ1v) is 10.2. The predicted molar refractivity (Wildman–Crippen MR) is 114 cm³/mol. The lowest BCUT2D eigenvalue weighted by Crippen LogP contribution is -2.43. The minimum Gasteiger partial charge on any atom is -0.310 e. The molecule has 27 heavy (non-hydrogen) atoms. The molecule has 0 radical (unpaired) electrons. The number of amidine groups is 1. The lowest BCUT2D eigenvalue weighted by Gasteiger charge is -2.16. The van der Waals surface area contributed by atoms with Crippen molar-refractivity contribution in [2.75, 3.05) is 12.3 Å². The van der Waals surface area contributed by atoms with Crippen molar-refractivity contribution < 1.29 is 4.79 Å². The number of carbonyl (C=O) groups is 1. The predicted octanol–water partition coefficient (Wildman–Crippen LogP) is 2.12. The van der Waals surface area contributed by atoms with Gasteiger partial charge in [0.1, 0.15) is 12.4 Å². The Kier molecular flexibility index (Phi) is 5.12. The topological polar surface area (TPSA) is 88.4 Å². The molecule has 0 bridgehead atoms. The smallest absolute Gasteiger partial charge is 0.266 e. The van der Waals surface area contributed by atoms with Crippen LogP contribution in [0.2, 0.25) is 0 Å². The second kappa shape index (κ2) is 7.69. The number of rotatable bonds is 4. The number of halogens is 1. The van der Waals surface area contributed by atoms with Gasteiger partial charge in [0.25, 0.3) is 5.56 Å². The Bertz CT molecular complexity index is 1110. The van der Waals surface area contributed by atoms with E-state index < -0.39 is 0 Å². The third-order valence-corrected chi connectivity index (χ3v) is 5.51. The van der Waals surface area contributed by atoms with Crippen LogP contribution in [-0.4, -0.2) is 33.6 Å². The summed E-state index contributed by atoms with van der Waals surface area (Å²) >= 11 is 3.53. The van der Waals surface area contributed by atoms with Gasteiger partial charge >= 0.3 is 0 Å². The first-order valence-electron chi connectivity index (χ1n) is 8.11. The second-order valence-corrected chi connectivity index (χ2v) is 7.95. The quantitative estimate of drug-likeness (QED) is 0.332. The van der Waals surface area contributed by atoms with Gasteiger partial charge in [-0.25, -0.2) is 4.98 Å². The molecule has 1 aromatic heterocycles. The fourth-order valence-electron chi connectivity index (χ4n) is 2.68. The molecule has 2 heterocycles. The molecular formula is C18H14IN5O2S. The maximum Gasteiger partial charge on any atom is 0.266 e. The van der Waals surface area contributed by atoms with Gasteiger partial charge in [-0.15, -0.1) is 0 Å². The minimum atomic E-state index is -0.137. The summed E-state index contributed by atoms with van der Waals surface area (Å²) in [5.74, 6) is 0.753. The monoisotopic (exact) mass is 491 g/mol. The van der Waals surface area contributed by atoms with E-state index in [-0.39, 0.29) is 18.0 Å². The van der Waals surface area contributed by atoms with Gasteiger partial charge in [-0.05, 0) is 52.9 Å². The van der Waals surface area contributed by atoms with Crippen LogP contribution in [0.25, 0.3) is 16.6 Å². The number of hydrazone groups is 1. The molecule has 2 N–H and O–H groups in total. The van der Waals surface area contributed by atoms with Crippen molar-refractivity contribution in [3.63, 3.8) is 0 Å². The normalized spacial score (nSPS) is 13.8. The number of hydrogen-bond acceptors (Lipinski definition) is 6. The molecule has 0 spiro atoms. The summed E-state index contributed by atoms with van der Waals surface area (Å²) in [6.45, 7) is 0.162. The minimum absolute atomic E-state index is 0.125. The average molecular weight is 491 g/mol. The van der Waals surface area contributed by atoms with Crippen LogP contribution in [-0.2, 0) is 4.79 Å². The third-order valence-electron chi connectivity index (χ3n) is 3.89. The van der Waals surface area contributed by atoms with Crippen molar-refractivity contribution >= 4 is 57.0 Å². The number of carbonyl (C=O) groups excluding carboxylic acids is 1. The summed E-state index contributed by atoms with van der Waals surface area (Å²) < 4.78 is 2.58. The van der Waals surface area contributed by atoms with Gasteiger partial charge in [0, 0.05) is 3.57 Å². The Morgan fingerprint density at radius 1 is 1.15 bits per heavy atom. The number of fused-ring (bicyclic) bond motifs is 1. The van der Waals surface area contributed by atoms with Crippen LogP contribution in [0.5, 0.6) is 0 Å². The van der Waals surface area contributed by atoms with E-state index in [2.05, 4.69) is 38.4 Å². The Morgan fingerprint density at radius 2 is 1.96 bits per heavy atom. The summed E-state index contributed by atoms with van der Waals surface area (Å²) in [5.41, 5.74) is 3.95. The summed E-state index contributed by atoms with van der Waals surface area (Å²) in [4.78, 5) is 29.4. The van der Waals surface area contributed by atoms with Crippen molar-refractivity contribution in [2.24, 2.45) is 5.10 Å². The number of aromatic nitrogens is 2. The number of thioether (sulfide) groups is 1. The highest BCUT2D eigenvalue weighted by molar-refractivity contribution is 14.1. The molecular weight excluding hydrogens is 477 g/mol. The zero-order valence-electron chi connectivity index (χ0n) is 14.0. The highest BCUT2D eigenvalue weighted by Crippen LogP contribution is 2.22. The van der Waals surface area contributed by atoms with Crippen molar-refractivity contribution in [1.82, 2.24) is 20.3 Å². The third kappa shape index (κ3) is 3.83. The molecule has 0 saturated carbocycles. The lowest BCUT2D eigenvalue weighted by atomic mass is 10.2. The van der Waals surface area contributed by atoms with E-state index in [1.807, 2.05) is 48.5 Å². The summed E-state index contributed by atoms with van der Waals surface area (Å²) in [6.07, 6.45) is 0. The molecule has 9 heteroatoms. The lowest BCUT2D eigenvalue weighted by molar-refractivity contribution is -0.119. The van der Waals surface area contributed by atoms with E-state index in [0.29, 0.717) is 27.6 Å². The molecule has 1 aliphatic heterocycles. The average Bonchev–Trinajstić information content (AvgIpc) is 2.68. The number of nitrogens with zero attached hydrogens (tertiary/aromatic N) is 3. The number of amides is 1. The van der Waals surface area contributed by atoms with E-state index in [1.165, 1.54) is 11.8 Å². The largest absolute Gasteiger partial charge is 0.310 e. The van der Waals surface area contributed by atoms with Crippen LogP contribution in [0, 0.1) is 3.57 Å². The molecule has 0 unspecified atom stereocenters. The molecule has 0 aliphatic carbocycles. The van der Waals surface area contributed by atoms with E-state index >= 15 is 0 Å².